The number of benzene rings is 11. The van der Waals surface area contributed by atoms with Crippen molar-refractivity contribution in [2.45, 2.75) is 0 Å². The van der Waals surface area contributed by atoms with Crippen LogP contribution in [0.5, 0.6) is 0 Å². The van der Waals surface area contributed by atoms with E-state index in [4.69, 9.17) is 8.83 Å². The van der Waals surface area contributed by atoms with Crippen LogP contribution >= 0.6 is 0 Å². The molecule has 0 spiro atoms. The SMILES string of the molecule is c1ccc(-c2cccc(-c3ccc(N(c4cccc(-c5cc6c7ccccc7oc6c6ccccc56)c4)c4cccc(-c5cc6c7ccccc7oc6c6ccccc56)c4)cc3)c2)cc1. The van der Waals surface area contributed by atoms with Crippen LogP contribution in [0.2, 0.25) is 0 Å². The molecule has 0 aliphatic rings. The molecule has 3 nitrogen and oxygen atoms in total. The van der Waals surface area contributed by atoms with E-state index in [2.05, 4.69) is 229 Å². The second kappa shape index (κ2) is 15.0. The Labute approximate surface area is 375 Å². The summed E-state index contributed by atoms with van der Waals surface area (Å²) in [5.41, 5.74) is 16.1. The Morgan fingerprint density at radius 1 is 0.231 bits per heavy atom. The predicted molar refractivity (Wildman–Crippen MR) is 272 cm³/mol. The second-order valence-corrected chi connectivity index (χ2v) is 16.8. The minimum Gasteiger partial charge on any atom is -0.455 e. The molecule has 0 aliphatic heterocycles. The summed E-state index contributed by atoms with van der Waals surface area (Å²) in [4.78, 5) is 2.39. The van der Waals surface area contributed by atoms with E-state index in [9.17, 15) is 0 Å². The first-order valence-corrected chi connectivity index (χ1v) is 22.1. The van der Waals surface area contributed by atoms with Gasteiger partial charge in [0.1, 0.15) is 22.3 Å². The molecule has 2 aromatic heterocycles. The van der Waals surface area contributed by atoms with Gasteiger partial charge >= 0.3 is 0 Å². The molecule has 11 aromatic carbocycles. The average molecular weight is 830 g/mol. The van der Waals surface area contributed by atoms with Crippen molar-refractivity contribution in [1.29, 1.82) is 0 Å². The highest BCUT2D eigenvalue weighted by molar-refractivity contribution is 6.20. The summed E-state index contributed by atoms with van der Waals surface area (Å²) in [6, 6.07) is 84.8. The molecule has 0 N–H and O–H groups in total. The van der Waals surface area contributed by atoms with E-state index in [0.717, 1.165) is 110 Å². The Morgan fingerprint density at radius 3 is 1.15 bits per heavy atom. The number of anilines is 3. The van der Waals surface area contributed by atoms with Gasteiger partial charge < -0.3 is 13.7 Å². The summed E-state index contributed by atoms with van der Waals surface area (Å²) < 4.78 is 13.0. The lowest BCUT2D eigenvalue weighted by molar-refractivity contribution is 0.672. The fourth-order valence-corrected chi connectivity index (χ4v) is 9.96. The minimum atomic E-state index is 0.896. The van der Waals surface area contributed by atoms with Crippen LogP contribution in [0.4, 0.5) is 17.1 Å². The van der Waals surface area contributed by atoms with Crippen LogP contribution < -0.4 is 4.90 Å². The van der Waals surface area contributed by atoms with Crippen molar-refractivity contribution >= 4 is 82.5 Å². The smallest absolute Gasteiger partial charge is 0.143 e. The van der Waals surface area contributed by atoms with Gasteiger partial charge in [-0.15, -0.1) is 0 Å². The summed E-state index contributed by atoms with van der Waals surface area (Å²) in [7, 11) is 0. The molecule has 0 atom stereocenters. The van der Waals surface area contributed by atoms with Crippen LogP contribution in [-0.2, 0) is 0 Å². The lowest BCUT2D eigenvalue weighted by Crippen LogP contribution is -2.10. The maximum atomic E-state index is 6.51. The predicted octanol–water partition coefficient (Wildman–Crippen LogP) is 17.9. The van der Waals surface area contributed by atoms with Crippen LogP contribution in [0.1, 0.15) is 0 Å². The quantitative estimate of drug-likeness (QED) is 0.160. The van der Waals surface area contributed by atoms with Gasteiger partial charge in [-0.05, 0) is 122 Å². The highest BCUT2D eigenvalue weighted by Crippen LogP contribution is 2.45. The molecule has 0 unspecified atom stereocenters. The van der Waals surface area contributed by atoms with Crippen LogP contribution in [0.25, 0.3) is 110 Å². The largest absolute Gasteiger partial charge is 0.455 e. The Bertz CT molecular complexity index is 3750. The van der Waals surface area contributed by atoms with Crippen molar-refractivity contribution in [2.75, 3.05) is 4.90 Å². The summed E-state index contributed by atoms with van der Waals surface area (Å²) in [6.07, 6.45) is 0. The first-order chi connectivity index (χ1) is 32.2. The van der Waals surface area contributed by atoms with E-state index in [1.807, 2.05) is 12.1 Å². The Kier molecular flexibility index (Phi) is 8.53. The molecule has 0 aliphatic carbocycles. The number of hydrogen-bond acceptors (Lipinski definition) is 3. The maximum Gasteiger partial charge on any atom is 0.143 e. The third kappa shape index (κ3) is 6.20. The zero-order valence-electron chi connectivity index (χ0n) is 35.3. The van der Waals surface area contributed by atoms with Gasteiger partial charge in [0, 0.05) is 49.4 Å². The van der Waals surface area contributed by atoms with E-state index in [0.29, 0.717) is 0 Å². The number of para-hydroxylation sites is 2. The van der Waals surface area contributed by atoms with Crippen LogP contribution in [0.15, 0.2) is 245 Å². The molecule has 65 heavy (non-hydrogen) atoms. The Hall–Kier alpha value is -8.66. The molecular formula is C62H39NO2. The summed E-state index contributed by atoms with van der Waals surface area (Å²) in [6.45, 7) is 0. The number of hydrogen-bond donors (Lipinski definition) is 0. The van der Waals surface area contributed by atoms with Crippen molar-refractivity contribution in [3.8, 4) is 44.5 Å². The Morgan fingerprint density at radius 2 is 0.631 bits per heavy atom. The molecule has 0 fully saturated rings. The average Bonchev–Trinajstić information content (AvgIpc) is 3.96. The first kappa shape index (κ1) is 36.9. The highest BCUT2D eigenvalue weighted by atomic mass is 16.3. The van der Waals surface area contributed by atoms with Crippen molar-refractivity contribution in [3.05, 3.63) is 237 Å². The molecular weight excluding hydrogens is 791 g/mol. The topological polar surface area (TPSA) is 29.5 Å². The molecule has 0 bridgehead atoms. The number of furan rings is 2. The zero-order valence-corrected chi connectivity index (χ0v) is 35.3. The van der Waals surface area contributed by atoms with E-state index < -0.39 is 0 Å². The van der Waals surface area contributed by atoms with E-state index in [1.54, 1.807) is 0 Å². The normalized spacial score (nSPS) is 11.7. The lowest BCUT2D eigenvalue weighted by Gasteiger charge is -2.27. The summed E-state index contributed by atoms with van der Waals surface area (Å²) in [5.74, 6) is 0. The van der Waals surface area contributed by atoms with Crippen LogP contribution in [0.3, 0.4) is 0 Å². The molecule has 304 valence electrons. The van der Waals surface area contributed by atoms with Crippen molar-refractivity contribution in [2.24, 2.45) is 0 Å². The third-order valence-corrected chi connectivity index (χ3v) is 13.0. The van der Waals surface area contributed by atoms with E-state index >= 15 is 0 Å². The zero-order chi connectivity index (χ0) is 42.8. The monoisotopic (exact) mass is 829 g/mol. The molecule has 3 heteroatoms. The van der Waals surface area contributed by atoms with Gasteiger partial charge in [-0.25, -0.2) is 0 Å². The maximum absolute atomic E-state index is 6.51. The molecule has 2 heterocycles. The van der Waals surface area contributed by atoms with Crippen molar-refractivity contribution in [1.82, 2.24) is 0 Å². The Balaban J connectivity index is 0.987. The minimum absolute atomic E-state index is 0.896. The number of nitrogens with zero attached hydrogens (tertiary/aromatic N) is 1. The number of fused-ring (bicyclic) bond motifs is 10. The van der Waals surface area contributed by atoms with Gasteiger partial charge in [0.15, 0.2) is 0 Å². The first-order valence-electron chi connectivity index (χ1n) is 22.1. The van der Waals surface area contributed by atoms with Crippen molar-refractivity contribution in [3.63, 3.8) is 0 Å². The molecule has 0 amide bonds. The van der Waals surface area contributed by atoms with Crippen LogP contribution in [0, 0.1) is 0 Å². The number of rotatable bonds is 7. The van der Waals surface area contributed by atoms with Gasteiger partial charge in [-0.2, -0.15) is 0 Å². The molecule has 13 rings (SSSR count). The molecule has 13 aromatic rings. The second-order valence-electron chi connectivity index (χ2n) is 16.8. The lowest BCUT2D eigenvalue weighted by atomic mass is 9.94. The van der Waals surface area contributed by atoms with Gasteiger partial charge in [0.05, 0.1) is 0 Å². The summed E-state index contributed by atoms with van der Waals surface area (Å²) >= 11 is 0. The van der Waals surface area contributed by atoms with E-state index in [-0.39, 0.29) is 0 Å². The van der Waals surface area contributed by atoms with Crippen molar-refractivity contribution < 1.29 is 8.83 Å². The van der Waals surface area contributed by atoms with Crippen LogP contribution in [-0.4, -0.2) is 0 Å². The standard InChI is InChI=1S/C62H39NO2/c1-2-15-40(16-3-1)42-17-12-18-43(35-42)41-31-33-46(34-32-41)63(47-21-13-19-44(36-47)55-38-57-51-25-8-10-29-59(51)64-61(57)53-27-6-4-23-49(53)55)48-22-14-20-45(37-48)56-39-58-52-26-9-11-30-60(52)65-62(58)54-28-7-5-24-50(54)56/h1-39H. The third-order valence-electron chi connectivity index (χ3n) is 13.0. The fraction of sp³-hybridized carbons (Fsp3) is 0. The molecule has 0 saturated carbocycles. The van der Waals surface area contributed by atoms with Gasteiger partial charge in [-0.1, -0.05) is 170 Å². The fourth-order valence-electron chi connectivity index (χ4n) is 9.96. The summed E-state index contributed by atoms with van der Waals surface area (Å²) in [5, 5.41) is 8.99. The molecule has 0 saturated heterocycles. The van der Waals surface area contributed by atoms with Gasteiger partial charge in [-0.3, -0.25) is 0 Å². The van der Waals surface area contributed by atoms with Gasteiger partial charge in [0.25, 0.3) is 0 Å². The molecule has 0 radical (unpaired) electrons. The highest BCUT2D eigenvalue weighted by Gasteiger charge is 2.20. The van der Waals surface area contributed by atoms with Gasteiger partial charge in [0.2, 0.25) is 0 Å². The van der Waals surface area contributed by atoms with E-state index in [1.165, 1.54) is 16.7 Å².